The summed E-state index contributed by atoms with van der Waals surface area (Å²) in [6.45, 7) is 4.46. The van der Waals surface area contributed by atoms with Crippen molar-refractivity contribution in [1.29, 1.82) is 0 Å². The summed E-state index contributed by atoms with van der Waals surface area (Å²) >= 11 is 0. The van der Waals surface area contributed by atoms with Crippen LogP contribution < -0.4 is 0 Å². The van der Waals surface area contributed by atoms with Gasteiger partial charge in [-0.25, -0.2) is 5.57 Å². The minimum atomic E-state index is 0. The molecular formula is C10H13Hf-. The molecule has 0 nitrogen and oxygen atoms in total. The first-order valence-corrected chi connectivity index (χ1v) is 4.11. The summed E-state index contributed by atoms with van der Waals surface area (Å²) in [5.74, 6) is 0.637. The van der Waals surface area contributed by atoms with Gasteiger partial charge in [-0.1, -0.05) is 39.0 Å². The summed E-state index contributed by atoms with van der Waals surface area (Å²) in [4.78, 5) is 0. The summed E-state index contributed by atoms with van der Waals surface area (Å²) in [5, 5.41) is 0. The van der Waals surface area contributed by atoms with E-state index >= 15 is 0 Å². The van der Waals surface area contributed by atoms with E-state index in [-0.39, 0.29) is 25.8 Å². The van der Waals surface area contributed by atoms with Crippen molar-refractivity contribution in [3.05, 3.63) is 22.8 Å². The van der Waals surface area contributed by atoms with E-state index < -0.39 is 0 Å². The molecule has 1 atom stereocenters. The van der Waals surface area contributed by atoms with Crippen LogP contribution in [-0.2, 0) is 25.8 Å². The molecule has 58 valence electrons. The van der Waals surface area contributed by atoms with E-state index in [0.717, 1.165) is 0 Å². The van der Waals surface area contributed by atoms with Crippen molar-refractivity contribution in [1.82, 2.24) is 0 Å². The Kier molecular flexibility index (Phi) is 2.90. The van der Waals surface area contributed by atoms with E-state index in [1.807, 2.05) is 0 Å². The fourth-order valence-corrected chi connectivity index (χ4v) is 2.17. The molecule has 0 radical (unpaired) electrons. The van der Waals surface area contributed by atoms with E-state index in [1.54, 1.807) is 11.1 Å². The van der Waals surface area contributed by atoms with Crippen LogP contribution in [0.15, 0.2) is 16.7 Å². The number of rotatable bonds is 0. The first kappa shape index (κ1) is 9.44. The zero-order valence-corrected chi connectivity index (χ0v) is 10.8. The summed E-state index contributed by atoms with van der Waals surface area (Å²) in [7, 11) is 0. The molecule has 0 aromatic carbocycles. The minimum Gasteiger partial charge on any atom is -0.266 e. The molecule has 0 N–H and O–H groups in total. The molecule has 0 aliphatic heterocycles. The Labute approximate surface area is 87.5 Å². The third-order valence-electron chi connectivity index (χ3n) is 2.67. The Morgan fingerprint density at radius 1 is 1.36 bits per heavy atom. The van der Waals surface area contributed by atoms with Gasteiger partial charge in [0.2, 0.25) is 0 Å². The Hall–Kier alpha value is 0.350. The fourth-order valence-electron chi connectivity index (χ4n) is 2.17. The van der Waals surface area contributed by atoms with Crippen LogP contribution in [0.2, 0.25) is 0 Å². The zero-order chi connectivity index (χ0) is 7.14. The molecule has 0 fully saturated rings. The average molecular weight is 312 g/mol. The van der Waals surface area contributed by atoms with Crippen LogP contribution in [-0.4, -0.2) is 0 Å². The molecule has 0 aromatic heterocycles. The van der Waals surface area contributed by atoms with Crippen molar-refractivity contribution < 1.29 is 25.8 Å². The first-order chi connectivity index (χ1) is 4.79. The van der Waals surface area contributed by atoms with E-state index in [0.29, 0.717) is 5.92 Å². The van der Waals surface area contributed by atoms with Gasteiger partial charge in [-0.05, 0) is 0 Å². The van der Waals surface area contributed by atoms with E-state index in [2.05, 4.69) is 19.9 Å². The van der Waals surface area contributed by atoms with E-state index in [1.165, 1.54) is 24.8 Å². The molecule has 0 bridgehead atoms. The third-order valence-corrected chi connectivity index (χ3v) is 2.67. The second kappa shape index (κ2) is 3.38. The molecule has 11 heavy (non-hydrogen) atoms. The molecule has 0 aromatic rings. The Balaban J connectivity index is 0.000000605. The number of hydrogen-bond donors (Lipinski definition) is 0. The number of allylic oxidation sites excluding steroid dienone is 4. The van der Waals surface area contributed by atoms with Crippen molar-refractivity contribution >= 4 is 0 Å². The van der Waals surface area contributed by atoms with Crippen molar-refractivity contribution in [2.24, 2.45) is 5.92 Å². The smallest absolute Gasteiger partial charge is 0 e. The maximum atomic E-state index is 3.46. The average Bonchev–Trinajstić information content (AvgIpc) is 2.39. The summed E-state index contributed by atoms with van der Waals surface area (Å²) in [6, 6.07) is 0. The first-order valence-electron chi connectivity index (χ1n) is 4.11. The van der Waals surface area contributed by atoms with Crippen molar-refractivity contribution in [3.63, 3.8) is 0 Å². The van der Waals surface area contributed by atoms with Gasteiger partial charge in [0.25, 0.3) is 0 Å². The van der Waals surface area contributed by atoms with Crippen LogP contribution in [0.1, 0.15) is 33.1 Å². The second-order valence-corrected chi connectivity index (χ2v) is 3.35. The van der Waals surface area contributed by atoms with Gasteiger partial charge in [-0.3, -0.25) is 6.08 Å². The topological polar surface area (TPSA) is 0 Å². The Morgan fingerprint density at radius 3 is 2.73 bits per heavy atom. The second-order valence-electron chi connectivity index (χ2n) is 3.35. The maximum Gasteiger partial charge on any atom is 0 e. The van der Waals surface area contributed by atoms with Crippen LogP contribution in [0.3, 0.4) is 0 Å². The quantitative estimate of drug-likeness (QED) is 0.477. The van der Waals surface area contributed by atoms with Crippen LogP contribution >= 0.6 is 0 Å². The summed E-state index contributed by atoms with van der Waals surface area (Å²) in [5.41, 5.74) is 4.74. The fraction of sp³-hybridized carbons (Fsp3) is 0.600. The van der Waals surface area contributed by atoms with Gasteiger partial charge in [0, 0.05) is 25.8 Å². The monoisotopic (exact) mass is 313 g/mol. The Bertz CT molecular complexity index is 223. The predicted octanol–water partition coefficient (Wildman–Crippen LogP) is 2.86. The van der Waals surface area contributed by atoms with Gasteiger partial charge in [-0.2, -0.15) is 11.1 Å². The summed E-state index contributed by atoms with van der Waals surface area (Å²) < 4.78 is 0. The summed E-state index contributed by atoms with van der Waals surface area (Å²) in [6.07, 6.45) is 7.50. The third kappa shape index (κ3) is 1.44. The molecule has 0 heterocycles. The predicted molar refractivity (Wildman–Crippen MR) is 42.5 cm³/mol. The van der Waals surface area contributed by atoms with Crippen LogP contribution in [0, 0.1) is 12.0 Å². The van der Waals surface area contributed by atoms with Gasteiger partial charge in [-0.15, -0.1) is 0 Å². The maximum absolute atomic E-state index is 3.46. The molecule has 2 rings (SSSR count). The number of hydrogen-bond acceptors (Lipinski definition) is 0. The van der Waals surface area contributed by atoms with E-state index in [9.17, 15) is 0 Å². The molecule has 0 saturated heterocycles. The molecule has 0 spiro atoms. The minimum absolute atomic E-state index is 0. The zero-order valence-electron chi connectivity index (χ0n) is 7.20. The molecule has 2 aliphatic rings. The molecule has 1 unspecified atom stereocenters. The van der Waals surface area contributed by atoms with Gasteiger partial charge in [0.1, 0.15) is 0 Å². The molecule has 1 heteroatoms. The largest absolute Gasteiger partial charge is 0.266 e. The Morgan fingerprint density at radius 2 is 2.09 bits per heavy atom. The van der Waals surface area contributed by atoms with Gasteiger partial charge in [0.15, 0.2) is 0 Å². The van der Waals surface area contributed by atoms with Crippen LogP contribution in [0.5, 0.6) is 0 Å². The normalized spacial score (nSPS) is 28.2. The molecule has 2 aliphatic carbocycles. The van der Waals surface area contributed by atoms with Crippen molar-refractivity contribution in [2.75, 3.05) is 0 Å². The van der Waals surface area contributed by atoms with Gasteiger partial charge in [0.05, 0.1) is 0 Å². The van der Waals surface area contributed by atoms with E-state index in [4.69, 9.17) is 0 Å². The molecule has 0 amide bonds. The van der Waals surface area contributed by atoms with Crippen molar-refractivity contribution in [2.45, 2.75) is 33.1 Å². The van der Waals surface area contributed by atoms with Gasteiger partial charge >= 0.3 is 0 Å². The molecular weight excluding hydrogens is 299 g/mol. The van der Waals surface area contributed by atoms with Crippen molar-refractivity contribution in [3.8, 4) is 0 Å². The van der Waals surface area contributed by atoms with Gasteiger partial charge < -0.3 is 0 Å². The SMILES string of the molecule is CC1=[C-]C(C)C2=C1CCC2.[Hf]. The van der Waals surface area contributed by atoms with Crippen LogP contribution in [0.4, 0.5) is 0 Å². The molecule has 0 saturated carbocycles. The standard InChI is InChI=1S/C10H13.Hf/c1-7-6-8(2)10-5-3-4-9(7)10;/h7H,3-5H2,1-2H3;/q-1;. The van der Waals surface area contributed by atoms with Crippen LogP contribution in [0.25, 0.3) is 0 Å².